The highest BCUT2D eigenvalue weighted by Crippen LogP contribution is 2.20. The lowest BCUT2D eigenvalue weighted by molar-refractivity contribution is -0.148. The first-order chi connectivity index (χ1) is 10.2. The van der Waals surface area contributed by atoms with Crippen LogP contribution >= 0.6 is 11.3 Å². The molecule has 1 fully saturated rings. The van der Waals surface area contributed by atoms with Crippen LogP contribution in [0.2, 0.25) is 0 Å². The van der Waals surface area contributed by atoms with Gasteiger partial charge in [-0.15, -0.1) is 0 Å². The molecule has 1 aliphatic rings. The Balaban J connectivity index is 1.85. The van der Waals surface area contributed by atoms with Gasteiger partial charge in [-0.3, -0.25) is 14.5 Å². The van der Waals surface area contributed by atoms with Crippen molar-refractivity contribution in [1.82, 2.24) is 19.5 Å². The summed E-state index contributed by atoms with van der Waals surface area (Å²) in [5.41, 5.74) is 2.06. The highest BCUT2D eigenvalue weighted by molar-refractivity contribution is 7.14. The fourth-order valence-electron chi connectivity index (χ4n) is 2.67. The van der Waals surface area contributed by atoms with Crippen molar-refractivity contribution in [3.8, 4) is 0 Å². The monoisotopic (exact) mass is 308 g/mol. The van der Waals surface area contributed by atoms with Gasteiger partial charge in [0.05, 0.1) is 12.8 Å². The molecule has 0 N–H and O–H groups in total. The van der Waals surface area contributed by atoms with Crippen LogP contribution in [0.1, 0.15) is 25.0 Å². The highest BCUT2D eigenvalue weighted by atomic mass is 32.1. The van der Waals surface area contributed by atoms with E-state index < -0.39 is 0 Å². The van der Waals surface area contributed by atoms with E-state index in [0.29, 0.717) is 17.2 Å². The zero-order valence-corrected chi connectivity index (χ0v) is 12.5. The maximum atomic E-state index is 11.9. The topological polar surface area (TPSA) is 76.8 Å². The number of hydrogen-bond donors (Lipinski definition) is 0. The van der Waals surface area contributed by atoms with Crippen LogP contribution in [0, 0.1) is 0 Å². The molecule has 0 radical (unpaired) electrons. The van der Waals surface area contributed by atoms with Crippen molar-refractivity contribution in [3.63, 3.8) is 0 Å². The van der Waals surface area contributed by atoms with Gasteiger partial charge in [0, 0.05) is 12.6 Å². The fourth-order valence-corrected chi connectivity index (χ4v) is 3.32. The Morgan fingerprint density at radius 2 is 2.38 bits per heavy atom. The molecule has 1 atom stereocenters. The van der Waals surface area contributed by atoms with Crippen LogP contribution in [0.4, 0.5) is 0 Å². The van der Waals surface area contributed by atoms with E-state index in [2.05, 4.69) is 10.1 Å². The van der Waals surface area contributed by atoms with Crippen molar-refractivity contribution < 1.29 is 9.53 Å². The number of fused-ring (bicyclic) bond motifs is 1. The van der Waals surface area contributed by atoms with Crippen molar-refractivity contribution in [1.29, 1.82) is 0 Å². The number of ether oxygens (including phenoxy) is 1. The lowest BCUT2D eigenvalue weighted by atomic mass is 10.0. The third-order valence-corrected chi connectivity index (χ3v) is 4.37. The van der Waals surface area contributed by atoms with E-state index in [1.807, 2.05) is 4.90 Å². The number of carbonyl (C=O) groups is 1. The molecule has 3 rings (SSSR count). The molecule has 0 aliphatic carbocycles. The summed E-state index contributed by atoms with van der Waals surface area (Å²) in [7, 11) is 1.41. The van der Waals surface area contributed by atoms with Crippen LogP contribution in [0.15, 0.2) is 16.4 Å². The van der Waals surface area contributed by atoms with Crippen LogP contribution in [-0.4, -0.2) is 45.2 Å². The number of likely N-dealkylation sites (tertiary alicyclic amines) is 1. The number of aromatic nitrogens is 3. The number of piperidine rings is 1. The van der Waals surface area contributed by atoms with Gasteiger partial charge in [0.25, 0.3) is 5.56 Å². The molecule has 0 bridgehead atoms. The van der Waals surface area contributed by atoms with Gasteiger partial charge in [-0.2, -0.15) is 9.61 Å². The summed E-state index contributed by atoms with van der Waals surface area (Å²) in [5, 5.41) is 3.94. The van der Waals surface area contributed by atoms with Gasteiger partial charge >= 0.3 is 5.97 Å². The van der Waals surface area contributed by atoms with E-state index >= 15 is 0 Å². The van der Waals surface area contributed by atoms with Gasteiger partial charge in [-0.05, 0) is 19.4 Å². The van der Waals surface area contributed by atoms with E-state index in [0.717, 1.165) is 25.8 Å². The third-order valence-electron chi connectivity index (χ3n) is 3.69. The minimum absolute atomic E-state index is 0.192. The standard InChI is InChI=1S/C13H16N4O3S/c1-20-12(19)10-4-2-3-5-16(10)7-9-6-11(18)17-13(15-9)21-8-14-17/h6,8,10H,2-5,7H2,1H3/t10-/m1/s1. The zero-order valence-electron chi connectivity index (χ0n) is 11.7. The van der Waals surface area contributed by atoms with Crippen molar-refractivity contribution in [3.05, 3.63) is 27.6 Å². The molecule has 2 aromatic rings. The Hall–Kier alpha value is -1.80. The van der Waals surface area contributed by atoms with E-state index in [4.69, 9.17) is 4.74 Å². The van der Waals surface area contributed by atoms with E-state index in [1.54, 1.807) is 5.51 Å². The Labute approximate surface area is 125 Å². The van der Waals surface area contributed by atoms with Crippen molar-refractivity contribution in [2.45, 2.75) is 31.8 Å². The highest BCUT2D eigenvalue weighted by Gasteiger charge is 2.29. The molecule has 0 amide bonds. The van der Waals surface area contributed by atoms with Crippen LogP contribution < -0.4 is 5.56 Å². The predicted octanol–water partition coefficient (Wildman–Crippen LogP) is 0.679. The average molecular weight is 308 g/mol. The van der Waals surface area contributed by atoms with Crippen LogP contribution in [0.3, 0.4) is 0 Å². The zero-order chi connectivity index (χ0) is 14.8. The second kappa shape index (κ2) is 5.90. The van der Waals surface area contributed by atoms with E-state index in [1.165, 1.54) is 29.0 Å². The number of hydrogen-bond acceptors (Lipinski definition) is 7. The Morgan fingerprint density at radius 3 is 3.19 bits per heavy atom. The van der Waals surface area contributed by atoms with Crippen molar-refractivity contribution in [2.24, 2.45) is 0 Å². The lowest BCUT2D eigenvalue weighted by Crippen LogP contribution is -2.44. The molecule has 3 heterocycles. The maximum absolute atomic E-state index is 11.9. The molecule has 1 aliphatic heterocycles. The summed E-state index contributed by atoms with van der Waals surface area (Å²) >= 11 is 1.32. The van der Waals surface area contributed by atoms with Gasteiger partial charge in [-0.25, -0.2) is 4.98 Å². The number of esters is 1. The van der Waals surface area contributed by atoms with Gasteiger partial charge in [0.2, 0.25) is 4.96 Å². The molecule has 2 aromatic heterocycles. The SMILES string of the molecule is COC(=O)[C@H]1CCCCN1Cc1cc(=O)n2ncsc2n1. The summed E-state index contributed by atoms with van der Waals surface area (Å²) in [5.74, 6) is -0.217. The van der Waals surface area contributed by atoms with Crippen molar-refractivity contribution in [2.75, 3.05) is 13.7 Å². The molecule has 0 saturated carbocycles. The molecule has 0 aromatic carbocycles. The maximum Gasteiger partial charge on any atom is 0.323 e. The summed E-state index contributed by atoms with van der Waals surface area (Å²) in [4.78, 5) is 30.8. The Bertz CT molecular complexity index is 711. The number of carbonyl (C=O) groups excluding carboxylic acids is 1. The normalized spacial score (nSPS) is 19.8. The van der Waals surface area contributed by atoms with Gasteiger partial charge in [0.1, 0.15) is 11.6 Å². The Morgan fingerprint density at radius 1 is 1.52 bits per heavy atom. The first-order valence-corrected chi connectivity index (χ1v) is 7.71. The van der Waals surface area contributed by atoms with Gasteiger partial charge in [-0.1, -0.05) is 17.8 Å². The number of nitrogens with zero attached hydrogens (tertiary/aromatic N) is 4. The van der Waals surface area contributed by atoms with Crippen molar-refractivity contribution >= 4 is 22.3 Å². The largest absolute Gasteiger partial charge is 0.468 e. The Kier molecular flexibility index (Phi) is 3.98. The number of methoxy groups -OCH3 is 1. The fraction of sp³-hybridized carbons (Fsp3) is 0.538. The van der Waals surface area contributed by atoms with Gasteiger partial charge in [0.15, 0.2) is 0 Å². The smallest absolute Gasteiger partial charge is 0.323 e. The average Bonchev–Trinajstić information content (AvgIpc) is 2.96. The first-order valence-electron chi connectivity index (χ1n) is 6.83. The molecular formula is C13H16N4O3S. The minimum atomic E-state index is -0.245. The van der Waals surface area contributed by atoms with E-state index in [-0.39, 0.29) is 17.6 Å². The van der Waals surface area contributed by atoms with Crippen LogP contribution in [0.5, 0.6) is 0 Å². The molecule has 0 spiro atoms. The van der Waals surface area contributed by atoms with Crippen LogP contribution in [0.25, 0.3) is 4.96 Å². The summed E-state index contributed by atoms with van der Waals surface area (Å²) in [6, 6.07) is 1.24. The molecule has 0 unspecified atom stereocenters. The second-order valence-corrected chi connectivity index (χ2v) is 5.84. The number of rotatable bonds is 3. The molecule has 1 saturated heterocycles. The third kappa shape index (κ3) is 2.81. The van der Waals surface area contributed by atoms with E-state index in [9.17, 15) is 9.59 Å². The summed E-state index contributed by atoms with van der Waals surface area (Å²) in [6.07, 6.45) is 2.84. The molecule has 21 heavy (non-hydrogen) atoms. The summed E-state index contributed by atoms with van der Waals surface area (Å²) < 4.78 is 6.14. The summed E-state index contributed by atoms with van der Waals surface area (Å²) in [6.45, 7) is 1.28. The minimum Gasteiger partial charge on any atom is -0.468 e. The lowest BCUT2D eigenvalue weighted by Gasteiger charge is -2.33. The molecule has 8 heteroatoms. The van der Waals surface area contributed by atoms with Gasteiger partial charge < -0.3 is 4.74 Å². The second-order valence-electron chi connectivity index (χ2n) is 5.02. The molecule has 112 valence electrons. The molecular weight excluding hydrogens is 292 g/mol. The van der Waals surface area contributed by atoms with Crippen LogP contribution in [-0.2, 0) is 16.1 Å². The quantitative estimate of drug-likeness (QED) is 0.776. The molecule has 7 nitrogen and oxygen atoms in total. The first kappa shape index (κ1) is 14.2. The predicted molar refractivity (Wildman–Crippen MR) is 77.2 cm³/mol.